The minimum Gasteiger partial charge on any atom is -0.358 e. The van der Waals surface area contributed by atoms with Crippen LogP contribution in [0.4, 0.5) is 0 Å². The molecule has 2 N–H and O–H groups in total. The van der Waals surface area contributed by atoms with E-state index in [9.17, 15) is 0 Å². The summed E-state index contributed by atoms with van der Waals surface area (Å²) >= 11 is 3.60. The molecule has 1 atom stereocenters. The van der Waals surface area contributed by atoms with Crippen LogP contribution in [0.1, 0.15) is 35.7 Å². The van der Waals surface area contributed by atoms with E-state index in [2.05, 4.69) is 52.3 Å². The first-order valence-corrected chi connectivity index (χ1v) is 6.98. The molecule has 0 spiro atoms. The number of halogens is 1. The van der Waals surface area contributed by atoms with E-state index in [0.29, 0.717) is 6.04 Å². The van der Waals surface area contributed by atoms with Crippen LogP contribution in [-0.4, -0.2) is 12.0 Å². The number of hydrogen-bond donors (Lipinski definition) is 2. The van der Waals surface area contributed by atoms with Gasteiger partial charge in [0.15, 0.2) is 0 Å². The number of H-pyrrole nitrogens is 1. The maximum absolute atomic E-state index is 3.62. The van der Waals surface area contributed by atoms with Crippen LogP contribution in [0.15, 0.2) is 16.6 Å². The quantitative estimate of drug-likeness (QED) is 0.821. The van der Waals surface area contributed by atoms with Gasteiger partial charge in [-0.3, -0.25) is 0 Å². The molecule has 3 rings (SSSR count). The molecule has 3 heteroatoms. The Labute approximate surface area is 110 Å². The van der Waals surface area contributed by atoms with E-state index in [1.807, 2.05) is 0 Å². The van der Waals surface area contributed by atoms with Gasteiger partial charge in [0, 0.05) is 27.1 Å². The first-order valence-electron chi connectivity index (χ1n) is 6.18. The van der Waals surface area contributed by atoms with Crippen molar-refractivity contribution in [3.05, 3.63) is 33.4 Å². The molecule has 1 aromatic carbocycles. The first-order chi connectivity index (χ1) is 8.20. The number of hydrogen-bond acceptors (Lipinski definition) is 1. The van der Waals surface area contributed by atoms with Crippen LogP contribution in [0.5, 0.6) is 0 Å². The molecule has 0 aliphatic heterocycles. The Morgan fingerprint density at radius 2 is 2.24 bits per heavy atom. The third kappa shape index (κ3) is 1.72. The summed E-state index contributed by atoms with van der Waals surface area (Å²) < 4.78 is 1.17. The lowest BCUT2D eigenvalue weighted by atomic mass is 9.90. The predicted molar refractivity (Wildman–Crippen MR) is 75.5 cm³/mol. The van der Waals surface area contributed by atoms with Gasteiger partial charge in [-0.05, 0) is 56.5 Å². The molecule has 2 nitrogen and oxygen atoms in total. The van der Waals surface area contributed by atoms with Crippen LogP contribution < -0.4 is 5.32 Å². The van der Waals surface area contributed by atoms with Crippen molar-refractivity contribution >= 4 is 26.8 Å². The molecule has 17 heavy (non-hydrogen) atoms. The topological polar surface area (TPSA) is 27.8 Å². The summed E-state index contributed by atoms with van der Waals surface area (Å²) in [7, 11) is 2.06. The van der Waals surface area contributed by atoms with Crippen LogP contribution in [0.2, 0.25) is 0 Å². The average molecular weight is 293 g/mol. The van der Waals surface area contributed by atoms with Crippen molar-refractivity contribution < 1.29 is 0 Å². The highest BCUT2D eigenvalue weighted by Crippen LogP contribution is 2.37. The molecule has 0 saturated heterocycles. The van der Waals surface area contributed by atoms with Crippen molar-refractivity contribution in [2.24, 2.45) is 0 Å². The molecular weight excluding hydrogens is 276 g/mol. The van der Waals surface area contributed by atoms with E-state index in [4.69, 9.17) is 0 Å². The lowest BCUT2D eigenvalue weighted by Crippen LogP contribution is -2.20. The summed E-state index contributed by atoms with van der Waals surface area (Å²) in [6, 6.07) is 4.92. The van der Waals surface area contributed by atoms with E-state index in [1.54, 1.807) is 0 Å². The fourth-order valence-electron chi connectivity index (χ4n) is 3.01. The van der Waals surface area contributed by atoms with Crippen molar-refractivity contribution in [1.29, 1.82) is 0 Å². The van der Waals surface area contributed by atoms with E-state index in [0.717, 1.165) is 0 Å². The molecule has 1 heterocycles. The van der Waals surface area contributed by atoms with Gasteiger partial charge in [0.05, 0.1) is 0 Å². The predicted octanol–water partition coefficient (Wildman–Crippen LogP) is 3.84. The Morgan fingerprint density at radius 1 is 1.41 bits per heavy atom. The summed E-state index contributed by atoms with van der Waals surface area (Å²) in [6.45, 7) is 2.17. The summed E-state index contributed by atoms with van der Waals surface area (Å²) in [4.78, 5) is 3.62. The van der Waals surface area contributed by atoms with Gasteiger partial charge in [0.2, 0.25) is 0 Å². The molecular formula is C14H17BrN2. The molecule has 1 unspecified atom stereocenters. The maximum atomic E-state index is 3.62. The molecule has 1 aromatic heterocycles. The Morgan fingerprint density at radius 3 is 3.00 bits per heavy atom. The SMILES string of the molecule is CNC1CCCc2[nH]c3c(C)cc(Br)cc3c21. The number of nitrogens with one attached hydrogen (secondary N) is 2. The Hall–Kier alpha value is -0.800. The zero-order valence-corrected chi connectivity index (χ0v) is 11.8. The Kier molecular flexibility index (Phi) is 2.75. The van der Waals surface area contributed by atoms with Crippen LogP contribution in [-0.2, 0) is 6.42 Å². The lowest BCUT2D eigenvalue weighted by Gasteiger charge is -2.22. The molecule has 90 valence electrons. The average Bonchev–Trinajstić information content (AvgIpc) is 2.68. The molecule has 1 aliphatic rings. The van der Waals surface area contributed by atoms with Crippen LogP contribution in [0, 0.1) is 6.92 Å². The van der Waals surface area contributed by atoms with Crippen molar-refractivity contribution in [2.75, 3.05) is 7.05 Å². The van der Waals surface area contributed by atoms with Crippen LogP contribution in [0.3, 0.4) is 0 Å². The van der Waals surface area contributed by atoms with E-state index in [1.165, 1.54) is 51.5 Å². The number of benzene rings is 1. The molecule has 0 radical (unpaired) electrons. The molecule has 0 bridgehead atoms. The highest BCUT2D eigenvalue weighted by Gasteiger charge is 2.23. The van der Waals surface area contributed by atoms with E-state index in [-0.39, 0.29) is 0 Å². The van der Waals surface area contributed by atoms with E-state index < -0.39 is 0 Å². The molecule has 0 saturated carbocycles. The van der Waals surface area contributed by atoms with Gasteiger partial charge >= 0.3 is 0 Å². The highest BCUT2D eigenvalue weighted by molar-refractivity contribution is 9.10. The fraction of sp³-hybridized carbons (Fsp3) is 0.429. The lowest BCUT2D eigenvalue weighted by molar-refractivity contribution is 0.497. The number of aryl methyl sites for hydroxylation is 2. The summed E-state index contributed by atoms with van der Waals surface area (Å²) in [6.07, 6.45) is 3.69. The summed E-state index contributed by atoms with van der Waals surface area (Å²) in [5.74, 6) is 0. The van der Waals surface area contributed by atoms with Gasteiger partial charge in [-0.1, -0.05) is 15.9 Å². The van der Waals surface area contributed by atoms with Gasteiger partial charge in [0.25, 0.3) is 0 Å². The molecule has 0 fully saturated rings. The molecule has 0 amide bonds. The van der Waals surface area contributed by atoms with Crippen LogP contribution in [0.25, 0.3) is 10.9 Å². The van der Waals surface area contributed by atoms with Crippen molar-refractivity contribution in [2.45, 2.75) is 32.2 Å². The van der Waals surface area contributed by atoms with Crippen LogP contribution >= 0.6 is 15.9 Å². The first kappa shape index (κ1) is 11.3. The van der Waals surface area contributed by atoms with Crippen molar-refractivity contribution in [3.63, 3.8) is 0 Å². The fourth-order valence-corrected chi connectivity index (χ4v) is 3.59. The number of aromatic amines is 1. The Balaban J connectivity index is 2.32. The second-order valence-electron chi connectivity index (χ2n) is 4.90. The third-order valence-electron chi connectivity index (χ3n) is 3.81. The summed E-state index contributed by atoms with van der Waals surface area (Å²) in [5, 5.41) is 4.82. The maximum Gasteiger partial charge on any atom is 0.0490 e. The van der Waals surface area contributed by atoms with Gasteiger partial charge in [0.1, 0.15) is 0 Å². The highest BCUT2D eigenvalue weighted by atomic mass is 79.9. The number of fused-ring (bicyclic) bond motifs is 3. The zero-order chi connectivity index (χ0) is 12.0. The minimum atomic E-state index is 0.501. The standard InChI is InChI=1S/C14H17BrN2/c1-8-6-9(15)7-10-13-11(16-2)4-3-5-12(13)17-14(8)10/h6-7,11,16-17H,3-5H2,1-2H3. The van der Waals surface area contributed by atoms with Crippen molar-refractivity contribution in [3.8, 4) is 0 Å². The molecule has 1 aliphatic carbocycles. The van der Waals surface area contributed by atoms with Gasteiger partial charge in [-0.25, -0.2) is 0 Å². The smallest absolute Gasteiger partial charge is 0.0490 e. The number of rotatable bonds is 1. The summed E-state index contributed by atoms with van der Waals surface area (Å²) in [5.41, 5.74) is 5.53. The van der Waals surface area contributed by atoms with Gasteiger partial charge in [-0.2, -0.15) is 0 Å². The monoisotopic (exact) mass is 292 g/mol. The van der Waals surface area contributed by atoms with Gasteiger partial charge in [-0.15, -0.1) is 0 Å². The molecule has 2 aromatic rings. The largest absolute Gasteiger partial charge is 0.358 e. The number of aromatic nitrogens is 1. The second-order valence-corrected chi connectivity index (χ2v) is 5.81. The second kappa shape index (κ2) is 4.14. The Bertz CT molecular complexity index is 571. The van der Waals surface area contributed by atoms with E-state index >= 15 is 0 Å². The normalized spacial score (nSPS) is 19.6. The van der Waals surface area contributed by atoms with Crippen molar-refractivity contribution in [1.82, 2.24) is 10.3 Å². The zero-order valence-electron chi connectivity index (χ0n) is 10.2. The third-order valence-corrected chi connectivity index (χ3v) is 4.27. The van der Waals surface area contributed by atoms with Gasteiger partial charge < -0.3 is 10.3 Å². The minimum absolute atomic E-state index is 0.501.